The summed E-state index contributed by atoms with van der Waals surface area (Å²) in [6.45, 7) is 1.90. The summed E-state index contributed by atoms with van der Waals surface area (Å²) in [5, 5.41) is 5.37. The maximum atomic E-state index is 12.9. The van der Waals surface area contributed by atoms with E-state index in [2.05, 4.69) is 5.10 Å². The van der Waals surface area contributed by atoms with Crippen LogP contribution >= 0.6 is 11.6 Å². The summed E-state index contributed by atoms with van der Waals surface area (Å²) in [5.74, 6) is -0.351. The summed E-state index contributed by atoms with van der Waals surface area (Å²) >= 11 is 5.89. The van der Waals surface area contributed by atoms with Crippen molar-refractivity contribution in [3.63, 3.8) is 0 Å². The van der Waals surface area contributed by atoms with Gasteiger partial charge in [-0.05, 0) is 13.0 Å². The zero-order valence-electron chi connectivity index (χ0n) is 7.31. The standard InChI is InChI=1S/C9H8ClFN2/c1-5-9-7(10)3-6(11)4-8(9)12-13(5)2/h3-4H,1-2H3. The van der Waals surface area contributed by atoms with Gasteiger partial charge >= 0.3 is 0 Å². The number of hydrogen-bond acceptors (Lipinski definition) is 1. The Kier molecular flexibility index (Phi) is 1.77. The van der Waals surface area contributed by atoms with Gasteiger partial charge in [0.2, 0.25) is 0 Å². The number of hydrogen-bond donors (Lipinski definition) is 0. The van der Waals surface area contributed by atoms with Crippen LogP contribution in [0.4, 0.5) is 4.39 Å². The van der Waals surface area contributed by atoms with Gasteiger partial charge in [-0.2, -0.15) is 5.10 Å². The maximum Gasteiger partial charge on any atom is 0.126 e. The molecule has 0 bridgehead atoms. The second-order valence-electron chi connectivity index (χ2n) is 2.99. The lowest BCUT2D eigenvalue weighted by Crippen LogP contribution is -1.91. The smallest absolute Gasteiger partial charge is 0.126 e. The zero-order valence-corrected chi connectivity index (χ0v) is 8.06. The highest BCUT2D eigenvalue weighted by Gasteiger charge is 2.09. The molecule has 0 N–H and O–H groups in total. The third kappa shape index (κ3) is 1.20. The highest BCUT2D eigenvalue weighted by atomic mass is 35.5. The van der Waals surface area contributed by atoms with E-state index in [4.69, 9.17) is 11.6 Å². The molecule has 1 aromatic heterocycles. The van der Waals surface area contributed by atoms with Gasteiger partial charge < -0.3 is 0 Å². The molecule has 0 aliphatic carbocycles. The molecule has 0 radical (unpaired) electrons. The van der Waals surface area contributed by atoms with Crippen LogP contribution in [0.2, 0.25) is 5.02 Å². The zero-order chi connectivity index (χ0) is 9.59. The lowest BCUT2D eigenvalue weighted by atomic mass is 10.2. The number of rotatable bonds is 0. The van der Waals surface area contributed by atoms with Gasteiger partial charge in [-0.15, -0.1) is 0 Å². The van der Waals surface area contributed by atoms with E-state index >= 15 is 0 Å². The normalized spacial score (nSPS) is 11.1. The first-order valence-corrected chi connectivity index (χ1v) is 4.26. The summed E-state index contributed by atoms with van der Waals surface area (Å²) in [6, 6.07) is 2.69. The summed E-state index contributed by atoms with van der Waals surface area (Å²) < 4.78 is 14.6. The maximum absolute atomic E-state index is 12.9. The van der Waals surface area contributed by atoms with Crippen LogP contribution in [-0.2, 0) is 7.05 Å². The molecule has 13 heavy (non-hydrogen) atoms. The van der Waals surface area contributed by atoms with Crippen LogP contribution in [-0.4, -0.2) is 9.78 Å². The van der Waals surface area contributed by atoms with Crippen LogP contribution in [0.3, 0.4) is 0 Å². The topological polar surface area (TPSA) is 17.8 Å². The molecule has 0 atom stereocenters. The highest BCUT2D eigenvalue weighted by Crippen LogP contribution is 2.26. The van der Waals surface area contributed by atoms with Crippen molar-refractivity contribution >= 4 is 22.5 Å². The van der Waals surface area contributed by atoms with Crippen molar-refractivity contribution in [3.05, 3.63) is 28.7 Å². The Hall–Kier alpha value is -1.09. The van der Waals surface area contributed by atoms with Crippen molar-refractivity contribution in [1.29, 1.82) is 0 Å². The van der Waals surface area contributed by atoms with Crippen molar-refractivity contribution in [1.82, 2.24) is 9.78 Å². The first kappa shape index (κ1) is 8.51. The number of nitrogens with zero attached hydrogens (tertiary/aromatic N) is 2. The minimum absolute atomic E-state index is 0.351. The fraction of sp³-hybridized carbons (Fsp3) is 0.222. The van der Waals surface area contributed by atoms with Gasteiger partial charge in [-0.25, -0.2) is 4.39 Å². The molecular weight excluding hydrogens is 191 g/mol. The van der Waals surface area contributed by atoms with E-state index in [9.17, 15) is 4.39 Å². The monoisotopic (exact) mass is 198 g/mol. The van der Waals surface area contributed by atoms with Crippen LogP contribution in [0.5, 0.6) is 0 Å². The average Bonchev–Trinajstić information content (AvgIpc) is 2.27. The van der Waals surface area contributed by atoms with Gasteiger partial charge in [-0.3, -0.25) is 4.68 Å². The third-order valence-electron chi connectivity index (χ3n) is 2.14. The van der Waals surface area contributed by atoms with E-state index in [0.29, 0.717) is 10.5 Å². The number of benzene rings is 1. The van der Waals surface area contributed by atoms with Crippen molar-refractivity contribution in [2.45, 2.75) is 6.92 Å². The predicted molar refractivity (Wildman–Crippen MR) is 50.4 cm³/mol. The van der Waals surface area contributed by atoms with Crippen molar-refractivity contribution in [2.24, 2.45) is 7.05 Å². The van der Waals surface area contributed by atoms with E-state index in [0.717, 1.165) is 11.1 Å². The van der Waals surface area contributed by atoms with Gasteiger partial charge in [0.1, 0.15) is 5.82 Å². The largest absolute Gasteiger partial charge is 0.272 e. The Balaban J connectivity index is 2.94. The quantitative estimate of drug-likeness (QED) is 0.637. The fourth-order valence-electron chi connectivity index (χ4n) is 1.40. The summed E-state index contributed by atoms with van der Waals surface area (Å²) in [7, 11) is 1.81. The van der Waals surface area contributed by atoms with Crippen LogP contribution in [0.1, 0.15) is 5.69 Å². The van der Waals surface area contributed by atoms with Crippen molar-refractivity contribution in [2.75, 3.05) is 0 Å². The van der Waals surface area contributed by atoms with Gasteiger partial charge in [0, 0.05) is 24.2 Å². The first-order valence-electron chi connectivity index (χ1n) is 3.88. The van der Waals surface area contributed by atoms with Crippen LogP contribution in [0.15, 0.2) is 12.1 Å². The van der Waals surface area contributed by atoms with Crippen molar-refractivity contribution in [3.8, 4) is 0 Å². The molecule has 0 fully saturated rings. The molecule has 0 amide bonds. The molecule has 1 aromatic carbocycles. The highest BCUT2D eigenvalue weighted by molar-refractivity contribution is 6.35. The number of aryl methyl sites for hydroxylation is 2. The third-order valence-corrected chi connectivity index (χ3v) is 2.44. The molecule has 68 valence electrons. The van der Waals surface area contributed by atoms with Crippen LogP contribution in [0, 0.1) is 12.7 Å². The molecule has 2 nitrogen and oxygen atoms in total. The second kappa shape index (κ2) is 2.70. The van der Waals surface area contributed by atoms with Gasteiger partial charge in [0.25, 0.3) is 0 Å². The lowest BCUT2D eigenvalue weighted by Gasteiger charge is -1.95. The van der Waals surface area contributed by atoms with Crippen molar-refractivity contribution < 1.29 is 4.39 Å². The molecule has 2 rings (SSSR count). The van der Waals surface area contributed by atoms with E-state index in [1.165, 1.54) is 12.1 Å². The number of aromatic nitrogens is 2. The van der Waals surface area contributed by atoms with E-state index in [-0.39, 0.29) is 5.82 Å². The van der Waals surface area contributed by atoms with Gasteiger partial charge in [0.05, 0.1) is 10.5 Å². The molecule has 0 saturated carbocycles. The summed E-state index contributed by atoms with van der Waals surface area (Å²) in [4.78, 5) is 0. The van der Waals surface area contributed by atoms with Crippen LogP contribution in [0.25, 0.3) is 10.9 Å². The Morgan fingerprint density at radius 1 is 1.46 bits per heavy atom. The van der Waals surface area contributed by atoms with Gasteiger partial charge in [0.15, 0.2) is 0 Å². The molecule has 1 heterocycles. The Bertz CT molecular complexity index is 476. The predicted octanol–water partition coefficient (Wildman–Crippen LogP) is 2.67. The second-order valence-corrected chi connectivity index (χ2v) is 3.40. The molecule has 4 heteroatoms. The molecule has 0 aliphatic heterocycles. The number of fused-ring (bicyclic) bond motifs is 1. The molecule has 0 spiro atoms. The average molecular weight is 199 g/mol. The molecular formula is C9H8ClFN2. The minimum Gasteiger partial charge on any atom is -0.272 e. The summed E-state index contributed by atoms with van der Waals surface area (Å²) in [5.41, 5.74) is 1.55. The Morgan fingerprint density at radius 2 is 2.15 bits per heavy atom. The fourth-order valence-corrected chi connectivity index (χ4v) is 1.73. The van der Waals surface area contributed by atoms with E-state index < -0.39 is 0 Å². The summed E-state index contributed by atoms with van der Waals surface area (Å²) in [6.07, 6.45) is 0. The Labute approximate surface area is 79.9 Å². The minimum atomic E-state index is -0.351. The van der Waals surface area contributed by atoms with E-state index in [1.807, 2.05) is 14.0 Å². The van der Waals surface area contributed by atoms with Crippen LogP contribution < -0.4 is 0 Å². The molecule has 2 aromatic rings. The SMILES string of the molecule is Cc1c2c(Cl)cc(F)cc2nn1C. The van der Waals surface area contributed by atoms with Gasteiger partial charge in [-0.1, -0.05) is 11.6 Å². The number of halogens is 2. The Morgan fingerprint density at radius 3 is 2.85 bits per heavy atom. The van der Waals surface area contributed by atoms with E-state index in [1.54, 1.807) is 4.68 Å². The molecule has 0 unspecified atom stereocenters. The molecule has 0 aliphatic rings. The molecule has 0 saturated heterocycles. The first-order chi connectivity index (χ1) is 6.09. The lowest BCUT2D eigenvalue weighted by molar-refractivity contribution is 0.629.